The minimum absolute atomic E-state index is 0.0814. The van der Waals surface area contributed by atoms with Crippen LogP contribution in [-0.4, -0.2) is 24.1 Å². The minimum Gasteiger partial charge on any atom is -0.494 e. The predicted molar refractivity (Wildman–Crippen MR) is 98.2 cm³/mol. The van der Waals surface area contributed by atoms with E-state index >= 15 is 0 Å². The number of amides is 1. The number of fused-ring (bicyclic) bond motifs is 1. The monoisotopic (exact) mass is 336 g/mol. The van der Waals surface area contributed by atoms with Crippen molar-refractivity contribution >= 4 is 22.5 Å². The lowest BCUT2D eigenvalue weighted by Crippen LogP contribution is -2.20. The fraction of sp³-hybridized carbons (Fsp3) is 0.200. The number of ether oxygens (including phenoxy) is 2. The van der Waals surface area contributed by atoms with Crippen LogP contribution < -0.4 is 14.8 Å². The van der Waals surface area contributed by atoms with Crippen molar-refractivity contribution in [3.05, 3.63) is 60.3 Å². The quantitative estimate of drug-likeness (QED) is 0.740. The van der Waals surface area contributed by atoms with Crippen molar-refractivity contribution in [1.82, 2.24) is 4.98 Å². The Labute approximate surface area is 146 Å². The Kier molecular flexibility index (Phi) is 5.14. The SMILES string of the molecule is CCOc1ccc(NC(=O)COc2cccc3ccc(C)nc23)cc1. The molecule has 1 N–H and O–H groups in total. The summed E-state index contributed by atoms with van der Waals surface area (Å²) in [4.78, 5) is 16.6. The third kappa shape index (κ3) is 4.26. The molecular formula is C20H20N2O3. The number of rotatable bonds is 6. The van der Waals surface area contributed by atoms with Crippen molar-refractivity contribution in [1.29, 1.82) is 0 Å². The largest absolute Gasteiger partial charge is 0.494 e. The first kappa shape index (κ1) is 16.8. The Bertz CT molecular complexity index is 876. The van der Waals surface area contributed by atoms with Crippen LogP contribution in [-0.2, 0) is 4.79 Å². The van der Waals surface area contributed by atoms with E-state index in [9.17, 15) is 4.79 Å². The van der Waals surface area contributed by atoms with Crippen LogP contribution in [0.4, 0.5) is 5.69 Å². The van der Waals surface area contributed by atoms with E-state index in [0.717, 1.165) is 22.3 Å². The van der Waals surface area contributed by atoms with E-state index in [0.29, 0.717) is 18.0 Å². The highest BCUT2D eigenvalue weighted by atomic mass is 16.5. The molecule has 1 heterocycles. The number of benzene rings is 2. The van der Waals surface area contributed by atoms with Crippen molar-refractivity contribution in [2.45, 2.75) is 13.8 Å². The summed E-state index contributed by atoms with van der Waals surface area (Å²) in [6.45, 7) is 4.38. The minimum atomic E-state index is -0.228. The topological polar surface area (TPSA) is 60.5 Å². The zero-order valence-corrected chi connectivity index (χ0v) is 14.3. The molecule has 0 saturated heterocycles. The van der Waals surface area contributed by atoms with Gasteiger partial charge in [-0.1, -0.05) is 18.2 Å². The lowest BCUT2D eigenvalue weighted by molar-refractivity contribution is -0.118. The molecule has 25 heavy (non-hydrogen) atoms. The molecule has 0 aliphatic rings. The molecule has 0 unspecified atom stereocenters. The third-order valence-electron chi connectivity index (χ3n) is 3.63. The highest BCUT2D eigenvalue weighted by molar-refractivity contribution is 5.92. The Balaban J connectivity index is 1.63. The molecule has 128 valence electrons. The molecule has 0 radical (unpaired) electrons. The Hall–Kier alpha value is -3.08. The van der Waals surface area contributed by atoms with Crippen LogP contribution in [0.25, 0.3) is 10.9 Å². The van der Waals surface area contributed by atoms with Gasteiger partial charge in [0.2, 0.25) is 0 Å². The van der Waals surface area contributed by atoms with Gasteiger partial charge in [-0.2, -0.15) is 0 Å². The van der Waals surface area contributed by atoms with Crippen molar-refractivity contribution in [2.24, 2.45) is 0 Å². The van der Waals surface area contributed by atoms with Crippen molar-refractivity contribution in [2.75, 3.05) is 18.5 Å². The molecule has 5 heteroatoms. The lowest BCUT2D eigenvalue weighted by atomic mass is 10.2. The zero-order chi connectivity index (χ0) is 17.6. The predicted octanol–water partition coefficient (Wildman–Crippen LogP) is 3.96. The highest BCUT2D eigenvalue weighted by Crippen LogP contribution is 2.24. The van der Waals surface area contributed by atoms with Crippen LogP contribution in [0, 0.1) is 6.92 Å². The highest BCUT2D eigenvalue weighted by Gasteiger charge is 2.08. The summed E-state index contributed by atoms with van der Waals surface area (Å²) in [7, 11) is 0. The number of aryl methyl sites for hydroxylation is 1. The number of hydrogen-bond donors (Lipinski definition) is 1. The molecule has 1 amide bonds. The molecule has 0 fully saturated rings. The van der Waals surface area contributed by atoms with Crippen molar-refractivity contribution in [3.8, 4) is 11.5 Å². The second-order valence-corrected chi connectivity index (χ2v) is 5.57. The number of para-hydroxylation sites is 1. The number of carbonyl (C=O) groups excluding carboxylic acids is 1. The van der Waals surface area contributed by atoms with E-state index in [4.69, 9.17) is 9.47 Å². The van der Waals surface area contributed by atoms with Crippen LogP contribution in [0.1, 0.15) is 12.6 Å². The molecule has 0 bridgehead atoms. The average molecular weight is 336 g/mol. The van der Waals surface area contributed by atoms with Gasteiger partial charge in [0.25, 0.3) is 5.91 Å². The Morgan fingerprint density at radius 2 is 1.84 bits per heavy atom. The average Bonchev–Trinajstić information content (AvgIpc) is 2.62. The lowest BCUT2D eigenvalue weighted by Gasteiger charge is -2.10. The maximum absolute atomic E-state index is 12.1. The van der Waals surface area contributed by atoms with Crippen LogP contribution in [0.3, 0.4) is 0 Å². The zero-order valence-electron chi connectivity index (χ0n) is 14.3. The van der Waals surface area contributed by atoms with E-state index in [1.807, 2.05) is 56.3 Å². The number of pyridine rings is 1. The van der Waals surface area contributed by atoms with Crippen LogP contribution in [0.15, 0.2) is 54.6 Å². The first-order chi connectivity index (χ1) is 12.2. The number of nitrogens with zero attached hydrogens (tertiary/aromatic N) is 1. The fourth-order valence-electron chi connectivity index (χ4n) is 2.48. The molecule has 3 rings (SSSR count). The van der Waals surface area contributed by atoms with Gasteiger partial charge >= 0.3 is 0 Å². The van der Waals surface area contributed by atoms with Gasteiger partial charge in [-0.05, 0) is 50.2 Å². The van der Waals surface area contributed by atoms with E-state index in [2.05, 4.69) is 10.3 Å². The fourth-order valence-corrected chi connectivity index (χ4v) is 2.48. The first-order valence-corrected chi connectivity index (χ1v) is 8.17. The summed E-state index contributed by atoms with van der Waals surface area (Å²) in [5.74, 6) is 1.14. The molecular weight excluding hydrogens is 316 g/mol. The van der Waals surface area contributed by atoms with Crippen LogP contribution in [0.5, 0.6) is 11.5 Å². The number of carbonyl (C=O) groups is 1. The molecule has 0 saturated carbocycles. The normalized spacial score (nSPS) is 10.5. The Morgan fingerprint density at radius 3 is 2.60 bits per heavy atom. The molecule has 0 aliphatic carbocycles. The second kappa shape index (κ2) is 7.66. The summed E-state index contributed by atoms with van der Waals surface area (Å²) in [6.07, 6.45) is 0. The number of aromatic nitrogens is 1. The maximum atomic E-state index is 12.1. The second-order valence-electron chi connectivity index (χ2n) is 5.57. The summed E-state index contributed by atoms with van der Waals surface area (Å²) in [5, 5.41) is 3.78. The van der Waals surface area contributed by atoms with Gasteiger partial charge in [0.05, 0.1) is 6.61 Å². The van der Waals surface area contributed by atoms with Gasteiger partial charge in [-0.25, -0.2) is 4.98 Å². The smallest absolute Gasteiger partial charge is 0.262 e. The van der Waals surface area contributed by atoms with Gasteiger partial charge in [-0.15, -0.1) is 0 Å². The van der Waals surface area contributed by atoms with E-state index < -0.39 is 0 Å². The van der Waals surface area contributed by atoms with Gasteiger partial charge in [-0.3, -0.25) is 4.79 Å². The molecule has 5 nitrogen and oxygen atoms in total. The molecule has 0 aliphatic heterocycles. The first-order valence-electron chi connectivity index (χ1n) is 8.17. The van der Waals surface area contributed by atoms with Crippen LogP contribution >= 0.6 is 0 Å². The number of nitrogens with one attached hydrogen (secondary N) is 1. The molecule has 0 spiro atoms. The number of hydrogen-bond acceptors (Lipinski definition) is 4. The van der Waals surface area contributed by atoms with Crippen molar-refractivity contribution < 1.29 is 14.3 Å². The number of anilines is 1. The Morgan fingerprint density at radius 1 is 1.04 bits per heavy atom. The summed E-state index contributed by atoms with van der Waals surface area (Å²) in [6, 6.07) is 16.8. The molecule has 1 aromatic heterocycles. The van der Waals surface area contributed by atoms with Gasteiger partial charge in [0, 0.05) is 16.8 Å². The van der Waals surface area contributed by atoms with E-state index in [-0.39, 0.29) is 12.5 Å². The van der Waals surface area contributed by atoms with E-state index in [1.54, 1.807) is 12.1 Å². The molecule has 3 aromatic rings. The van der Waals surface area contributed by atoms with Gasteiger partial charge in [0.15, 0.2) is 6.61 Å². The van der Waals surface area contributed by atoms with Gasteiger partial charge < -0.3 is 14.8 Å². The molecule has 0 atom stereocenters. The molecule has 2 aromatic carbocycles. The van der Waals surface area contributed by atoms with E-state index in [1.165, 1.54) is 0 Å². The maximum Gasteiger partial charge on any atom is 0.262 e. The van der Waals surface area contributed by atoms with Crippen LogP contribution in [0.2, 0.25) is 0 Å². The summed E-state index contributed by atoms with van der Waals surface area (Å²) >= 11 is 0. The summed E-state index contributed by atoms with van der Waals surface area (Å²) < 4.78 is 11.0. The standard InChI is InChI=1S/C20H20N2O3/c1-3-24-17-11-9-16(10-12-17)22-19(23)13-25-18-6-4-5-15-8-7-14(2)21-20(15)18/h4-12H,3,13H2,1-2H3,(H,22,23). The summed E-state index contributed by atoms with van der Waals surface area (Å²) in [5.41, 5.74) is 2.36. The van der Waals surface area contributed by atoms with Crippen molar-refractivity contribution in [3.63, 3.8) is 0 Å². The third-order valence-corrected chi connectivity index (χ3v) is 3.63. The van der Waals surface area contributed by atoms with Gasteiger partial charge in [0.1, 0.15) is 17.0 Å².